The number of hydrogen-bond donors (Lipinski definition) is 2. The Hall–Kier alpha value is -2.44. The lowest BCUT2D eigenvalue weighted by atomic mass is 10.0. The molecule has 1 atom stereocenters. The molecular formula is C16H21FN2O4. The van der Waals surface area contributed by atoms with E-state index in [4.69, 9.17) is 0 Å². The van der Waals surface area contributed by atoms with Gasteiger partial charge in [-0.3, -0.25) is 9.59 Å². The molecule has 0 heterocycles. The monoisotopic (exact) mass is 324 g/mol. The van der Waals surface area contributed by atoms with Gasteiger partial charge in [-0.05, 0) is 30.5 Å². The van der Waals surface area contributed by atoms with Crippen LogP contribution in [0, 0.1) is 11.7 Å². The van der Waals surface area contributed by atoms with Crippen LogP contribution < -0.4 is 10.6 Å². The van der Waals surface area contributed by atoms with Crippen molar-refractivity contribution in [1.29, 1.82) is 0 Å². The largest absolute Gasteiger partial charge is 0.467 e. The zero-order valence-corrected chi connectivity index (χ0v) is 13.6. The molecule has 0 aliphatic carbocycles. The highest BCUT2D eigenvalue weighted by atomic mass is 19.1. The number of benzene rings is 1. The van der Waals surface area contributed by atoms with E-state index >= 15 is 0 Å². The summed E-state index contributed by atoms with van der Waals surface area (Å²) in [6.07, 6.45) is 0.366. The molecule has 1 rings (SSSR count). The Labute approximate surface area is 134 Å². The average Bonchev–Trinajstić information content (AvgIpc) is 2.46. The van der Waals surface area contributed by atoms with Gasteiger partial charge in [-0.2, -0.15) is 0 Å². The molecule has 0 aromatic heterocycles. The third kappa shape index (κ3) is 5.69. The molecule has 7 heteroatoms. The highest BCUT2D eigenvalue weighted by Gasteiger charge is 2.24. The van der Waals surface area contributed by atoms with Crippen LogP contribution in [-0.4, -0.2) is 30.9 Å². The highest BCUT2D eigenvalue weighted by molar-refractivity contribution is 5.98. The summed E-state index contributed by atoms with van der Waals surface area (Å²) in [4.78, 5) is 35.0. The van der Waals surface area contributed by atoms with Gasteiger partial charge in [-0.1, -0.05) is 13.8 Å². The van der Waals surface area contributed by atoms with E-state index in [0.29, 0.717) is 12.1 Å². The number of methoxy groups -OCH3 is 1. The van der Waals surface area contributed by atoms with Gasteiger partial charge in [0.05, 0.1) is 12.7 Å². The van der Waals surface area contributed by atoms with Crippen molar-refractivity contribution in [2.45, 2.75) is 33.2 Å². The van der Waals surface area contributed by atoms with Crippen LogP contribution in [0.1, 0.15) is 37.6 Å². The molecule has 1 aromatic carbocycles. The Morgan fingerprint density at radius 3 is 2.43 bits per heavy atom. The number of carbonyl (C=O) groups is 3. The van der Waals surface area contributed by atoms with Crippen LogP contribution in [0.5, 0.6) is 0 Å². The molecule has 0 bridgehead atoms. The smallest absolute Gasteiger partial charge is 0.328 e. The third-order valence-electron chi connectivity index (χ3n) is 3.03. The maximum atomic E-state index is 13.9. The van der Waals surface area contributed by atoms with Crippen LogP contribution in [0.2, 0.25) is 0 Å². The molecule has 0 fully saturated rings. The number of amides is 2. The van der Waals surface area contributed by atoms with Gasteiger partial charge in [0, 0.05) is 12.6 Å². The number of ether oxygens (including phenoxy) is 1. The van der Waals surface area contributed by atoms with Gasteiger partial charge in [0.15, 0.2) is 0 Å². The van der Waals surface area contributed by atoms with Crippen molar-refractivity contribution in [2.24, 2.45) is 5.92 Å². The first-order valence-corrected chi connectivity index (χ1v) is 7.20. The fraction of sp³-hybridized carbons (Fsp3) is 0.438. The van der Waals surface area contributed by atoms with Crippen molar-refractivity contribution in [1.82, 2.24) is 5.32 Å². The molecule has 0 saturated carbocycles. The second-order valence-electron chi connectivity index (χ2n) is 5.55. The van der Waals surface area contributed by atoms with E-state index in [1.165, 1.54) is 26.2 Å². The minimum Gasteiger partial charge on any atom is -0.467 e. The molecule has 126 valence electrons. The van der Waals surface area contributed by atoms with Crippen LogP contribution >= 0.6 is 0 Å². The lowest BCUT2D eigenvalue weighted by Gasteiger charge is -2.18. The first-order chi connectivity index (χ1) is 10.7. The molecule has 0 spiro atoms. The summed E-state index contributed by atoms with van der Waals surface area (Å²) in [7, 11) is 1.22. The number of anilines is 1. The second kappa shape index (κ2) is 8.26. The van der Waals surface area contributed by atoms with Crippen LogP contribution in [-0.2, 0) is 14.3 Å². The predicted molar refractivity (Wildman–Crippen MR) is 83.4 cm³/mol. The van der Waals surface area contributed by atoms with Crippen molar-refractivity contribution in [3.63, 3.8) is 0 Å². The van der Waals surface area contributed by atoms with Crippen molar-refractivity contribution >= 4 is 23.5 Å². The fourth-order valence-electron chi connectivity index (χ4n) is 2.04. The standard InChI is InChI=1S/C16H21FN2O4/c1-9(2)7-14(16(22)23-4)19-15(21)12-8-11(18-10(3)20)5-6-13(12)17/h5-6,8-9,14H,7H2,1-4H3,(H,18,20)(H,19,21). The molecule has 1 unspecified atom stereocenters. The number of carbonyl (C=O) groups excluding carboxylic acids is 3. The maximum Gasteiger partial charge on any atom is 0.328 e. The van der Waals surface area contributed by atoms with Gasteiger partial charge in [-0.25, -0.2) is 9.18 Å². The van der Waals surface area contributed by atoms with Gasteiger partial charge in [0.2, 0.25) is 5.91 Å². The van der Waals surface area contributed by atoms with Crippen LogP contribution in [0.25, 0.3) is 0 Å². The minimum atomic E-state index is -0.865. The number of hydrogen-bond acceptors (Lipinski definition) is 4. The normalized spacial score (nSPS) is 11.7. The predicted octanol–water partition coefficient (Wildman–Crippen LogP) is 2.10. The number of halogens is 1. The van der Waals surface area contributed by atoms with E-state index in [0.717, 1.165) is 6.07 Å². The summed E-state index contributed by atoms with van der Waals surface area (Å²) in [5.74, 6) is -2.29. The van der Waals surface area contributed by atoms with E-state index in [1.54, 1.807) is 0 Å². The molecule has 23 heavy (non-hydrogen) atoms. The van der Waals surface area contributed by atoms with E-state index in [-0.39, 0.29) is 17.4 Å². The Morgan fingerprint density at radius 1 is 1.26 bits per heavy atom. The topological polar surface area (TPSA) is 84.5 Å². The summed E-state index contributed by atoms with van der Waals surface area (Å²) >= 11 is 0. The highest BCUT2D eigenvalue weighted by Crippen LogP contribution is 2.16. The number of esters is 1. The summed E-state index contributed by atoms with van der Waals surface area (Å²) in [6, 6.07) is 2.78. The van der Waals surface area contributed by atoms with Crippen LogP contribution in [0.3, 0.4) is 0 Å². The first kappa shape index (κ1) is 18.6. The molecule has 0 radical (unpaired) electrons. The molecular weight excluding hydrogens is 303 g/mol. The molecule has 0 aliphatic rings. The molecule has 2 amide bonds. The molecule has 0 aliphatic heterocycles. The molecule has 6 nitrogen and oxygen atoms in total. The van der Waals surface area contributed by atoms with E-state index in [2.05, 4.69) is 15.4 Å². The van der Waals surface area contributed by atoms with Gasteiger partial charge in [0.1, 0.15) is 11.9 Å². The van der Waals surface area contributed by atoms with Gasteiger partial charge in [0.25, 0.3) is 5.91 Å². The molecule has 2 N–H and O–H groups in total. The second-order valence-corrected chi connectivity index (χ2v) is 5.55. The summed E-state index contributed by atoms with van der Waals surface area (Å²) in [5, 5.41) is 4.94. The zero-order valence-electron chi connectivity index (χ0n) is 13.6. The van der Waals surface area contributed by atoms with E-state index in [9.17, 15) is 18.8 Å². The Kier molecular flexibility index (Phi) is 6.68. The summed E-state index contributed by atoms with van der Waals surface area (Å²) in [6.45, 7) is 5.08. The van der Waals surface area contributed by atoms with Gasteiger partial charge >= 0.3 is 5.97 Å². The maximum absolute atomic E-state index is 13.9. The minimum absolute atomic E-state index is 0.134. The van der Waals surface area contributed by atoms with E-state index in [1.807, 2.05) is 13.8 Å². The SMILES string of the molecule is COC(=O)C(CC(C)C)NC(=O)c1cc(NC(C)=O)ccc1F. The average molecular weight is 324 g/mol. The quantitative estimate of drug-likeness (QED) is 0.785. The van der Waals surface area contributed by atoms with Gasteiger partial charge < -0.3 is 15.4 Å². The Bertz CT molecular complexity index is 602. The van der Waals surface area contributed by atoms with Crippen LogP contribution in [0.15, 0.2) is 18.2 Å². The fourth-order valence-corrected chi connectivity index (χ4v) is 2.04. The Morgan fingerprint density at radius 2 is 1.91 bits per heavy atom. The first-order valence-electron chi connectivity index (χ1n) is 7.20. The number of nitrogens with one attached hydrogen (secondary N) is 2. The third-order valence-corrected chi connectivity index (χ3v) is 3.03. The van der Waals surface area contributed by atoms with Crippen molar-refractivity contribution in [3.05, 3.63) is 29.6 Å². The van der Waals surface area contributed by atoms with Gasteiger partial charge in [-0.15, -0.1) is 0 Å². The van der Waals surface area contributed by atoms with Crippen molar-refractivity contribution < 1.29 is 23.5 Å². The zero-order chi connectivity index (χ0) is 17.6. The van der Waals surface area contributed by atoms with Crippen molar-refractivity contribution in [2.75, 3.05) is 12.4 Å². The van der Waals surface area contributed by atoms with E-state index < -0.39 is 23.7 Å². The van der Waals surface area contributed by atoms with Crippen LogP contribution in [0.4, 0.5) is 10.1 Å². The Balaban J connectivity index is 2.98. The number of rotatable bonds is 6. The lowest BCUT2D eigenvalue weighted by Crippen LogP contribution is -2.42. The molecule has 0 saturated heterocycles. The lowest BCUT2D eigenvalue weighted by molar-refractivity contribution is -0.143. The van der Waals surface area contributed by atoms with Crippen molar-refractivity contribution in [3.8, 4) is 0 Å². The molecule has 1 aromatic rings. The summed E-state index contributed by atoms with van der Waals surface area (Å²) < 4.78 is 18.5. The summed E-state index contributed by atoms with van der Waals surface area (Å²) in [5.41, 5.74) is 0.0384.